The van der Waals surface area contributed by atoms with Crippen LogP contribution in [0.4, 0.5) is 0 Å². The van der Waals surface area contributed by atoms with Gasteiger partial charge in [0.15, 0.2) is 0 Å². The number of amides is 1. The van der Waals surface area contributed by atoms with Gasteiger partial charge in [0, 0.05) is 25.4 Å². The van der Waals surface area contributed by atoms with Crippen LogP contribution < -0.4 is 5.32 Å². The smallest absolute Gasteiger partial charge is 0.303 e. The van der Waals surface area contributed by atoms with Crippen LogP contribution in [0.2, 0.25) is 0 Å². The van der Waals surface area contributed by atoms with Gasteiger partial charge in [0.25, 0.3) is 0 Å². The van der Waals surface area contributed by atoms with Crippen LogP contribution in [0.15, 0.2) is 59.7 Å². The van der Waals surface area contributed by atoms with Crippen molar-refractivity contribution in [2.45, 2.75) is 132 Å². The van der Waals surface area contributed by atoms with Crippen molar-refractivity contribution in [1.82, 2.24) is 10.2 Å². The van der Waals surface area contributed by atoms with Crippen LogP contribution >= 0.6 is 0 Å². The predicted molar refractivity (Wildman–Crippen MR) is 205 cm³/mol. The van der Waals surface area contributed by atoms with Gasteiger partial charge < -0.3 is 15.3 Å². The first-order valence-corrected chi connectivity index (χ1v) is 19.2. The molecule has 1 amide bonds. The molecule has 2 aliphatic heterocycles. The molecular weight excluding hydrogens is 604 g/mol. The Hall–Kier alpha value is -3.18. The summed E-state index contributed by atoms with van der Waals surface area (Å²) in [6, 6.07) is 18.7. The lowest BCUT2D eigenvalue weighted by Crippen LogP contribution is -2.45. The van der Waals surface area contributed by atoms with E-state index in [1.807, 2.05) is 13.8 Å². The van der Waals surface area contributed by atoms with Crippen molar-refractivity contribution >= 4 is 23.0 Å². The minimum absolute atomic E-state index is 0.303. The van der Waals surface area contributed by atoms with Crippen LogP contribution in [0.25, 0.3) is 11.1 Å². The molecule has 2 aliphatic carbocycles. The molecule has 0 bridgehead atoms. The highest BCUT2D eigenvalue weighted by atomic mass is 16.4. The molecule has 0 fully saturated rings. The van der Waals surface area contributed by atoms with Crippen molar-refractivity contribution in [3.05, 3.63) is 81.9 Å². The van der Waals surface area contributed by atoms with E-state index in [1.165, 1.54) is 52.7 Å². The maximum atomic E-state index is 12.9. The number of fused-ring (bicyclic) bond motifs is 4. The second kappa shape index (κ2) is 18.2. The molecule has 0 saturated carbocycles. The number of benzene rings is 2. The Labute approximate surface area is 297 Å². The Kier molecular flexibility index (Phi) is 14.3. The first-order chi connectivity index (χ1) is 23.3. The minimum Gasteiger partial charge on any atom is -0.481 e. The number of hydrogen-bond acceptors (Lipinski definition) is 3. The van der Waals surface area contributed by atoms with Gasteiger partial charge in [0.2, 0.25) is 5.91 Å². The topological polar surface area (TPSA) is 69.6 Å². The van der Waals surface area contributed by atoms with Crippen LogP contribution in [0, 0.1) is 23.7 Å². The first-order valence-electron chi connectivity index (χ1n) is 19.2. The summed E-state index contributed by atoms with van der Waals surface area (Å²) in [5.41, 5.74) is 12.3. The fourth-order valence-corrected chi connectivity index (χ4v) is 7.90. The van der Waals surface area contributed by atoms with Gasteiger partial charge >= 0.3 is 5.97 Å². The zero-order chi connectivity index (χ0) is 35.7. The van der Waals surface area contributed by atoms with Crippen molar-refractivity contribution in [2.24, 2.45) is 23.7 Å². The van der Waals surface area contributed by atoms with Crippen LogP contribution in [0.5, 0.6) is 0 Å². The van der Waals surface area contributed by atoms with Crippen molar-refractivity contribution in [3.8, 4) is 0 Å². The van der Waals surface area contributed by atoms with Gasteiger partial charge in [-0.1, -0.05) is 104 Å². The average molecular weight is 669 g/mol. The largest absolute Gasteiger partial charge is 0.481 e. The second-order valence-corrected chi connectivity index (χ2v) is 16.3. The fourth-order valence-electron chi connectivity index (χ4n) is 7.90. The maximum Gasteiger partial charge on any atom is 0.303 e. The van der Waals surface area contributed by atoms with Gasteiger partial charge in [-0.3, -0.25) is 9.59 Å². The van der Waals surface area contributed by atoms with Crippen LogP contribution in [-0.4, -0.2) is 47.1 Å². The monoisotopic (exact) mass is 668 g/mol. The fraction of sp³-hybridized carbons (Fsp3) is 0.591. The highest BCUT2D eigenvalue weighted by Gasteiger charge is 2.36. The van der Waals surface area contributed by atoms with E-state index in [9.17, 15) is 9.59 Å². The van der Waals surface area contributed by atoms with E-state index in [-0.39, 0.29) is 0 Å². The first kappa shape index (κ1) is 38.6. The third-order valence-corrected chi connectivity index (χ3v) is 10.4. The summed E-state index contributed by atoms with van der Waals surface area (Å²) < 4.78 is 0. The van der Waals surface area contributed by atoms with Crippen LogP contribution in [0.1, 0.15) is 129 Å². The summed E-state index contributed by atoms with van der Waals surface area (Å²) in [5, 5.41) is 11.9. The Morgan fingerprint density at radius 1 is 0.714 bits per heavy atom. The number of carboxylic acids is 1. The Morgan fingerprint density at radius 3 is 1.78 bits per heavy atom. The van der Waals surface area contributed by atoms with Crippen molar-refractivity contribution in [3.63, 3.8) is 0 Å². The van der Waals surface area contributed by atoms with Gasteiger partial charge in [-0.2, -0.15) is 0 Å². The molecule has 268 valence electrons. The van der Waals surface area contributed by atoms with E-state index < -0.39 is 5.97 Å². The minimum atomic E-state index is -0.696. The number of rotatable bonds is 10. The van der Waals surface area contributed by atoms with Crippen molar-refractivity contribution in [2.75, 3.05) is 13.1 Å². The lowest BCUT2D eigenvalue weighted by atomic mass is 9.87. The second-order valence-electron chi connectivity index (χ2n) is 16.3. The maximum absolute atomic E-state index is 12.9. The molecule has 4 aliphatic rings. The number of carbonyl (C=O) groups is 2. The SMILES string of the molecule is CC(C)CC1NCCC2=C1Cc1ccccc12.CC(C)CCC(=O)N1CCC2=C(Cc3ccccc32)C1CC(C)C.CC(C)CCC(=O)O. The van der Waals surface area contributed by atoms with Crippen molar-refractivity contribution in [1.29, 1.82) is 0 Å². The molecule has 5 heteroatoms. The van der Waals surface area contributed by atoms with Crippen LogP contribution in [0.3, 0.4) is 0 Å². The molecule has 0 spiro atoms. The summed E-state index contributed by atoms with van der Waals surface area (Å²) in [5.74, 6) is 2.13. The summed E-state index contributed by atoms with van der Waals surface area (Å²) in [4.78, 5) is 25.0. The zero-order valence-electron chi connectivity index (χ0n) is 31.8. The van der Waals surface area contributed by atoms with Gasteiger partial charge in [0.1, 0.15) is 0 Å². The molecule has 0 radical (unpaired) electrons. The quantitative estimate of drug-likeness (QED) is 0.264. The molecular formula is C44H64N2O3. The highest BCUT2D eigenvalue weighted by molar-refractivity contribution is 5.83. The van der Waals surface area contributed by atoms with Gasteiger partial charge in [-0.15, -0.1) is 0 Å². The zero-order valence-corrected chi connectivity index (χ0v) is 31.8. The number of nitrogens with one attached hydrogen (secondary N) is 1. The van der Waals surface area contributed by atoms with E-state index >= 15 is 0 Å². The normalized spacial score (nSPS) is 19.3. The van der Waals surface area contributed by atoms with E-state index in [1.54, 1.807) is 11.1 Å². The number of carboxylic acid groups (broad SMARTS) is 1. The molecule has 0 saturated heterocycles. The lowest BCUT2D eigenvalue weighted by Gasteiger charge is -2.38. The molecule has 0 aromatic heterocycles. The van der Waals surface area contributed by atoms with E-state index in [2.05, 4.69) is 100 Å². The van der Waals surface area contributed by atoms with E-state index in [4.69, 9.17) is 5.11 Å². The highest BCUT2D eigenvalue weighted by Crippen LogP contribution is 2.43. The van der Waals surface area contributed by atoms with E-state index in [0.717, 1.165) is 51.1 Å². The molecule has 2 heterocycles. The lowest BCUT2D eigenvalue weighted by molar-refractivity contribution is -0.137. The summed E-state index contributed by atoms with van der Waals surface area (Å²) in [7, 11) is 0. The van der Waals surface area contributed by atoms with Gasteiger partial charge in [-0.05, 0) is 126 Å². The standard InChI is InChI=1S/C22H31NO.C16H21N.C6H12O2/c1-15(2)9-10-22(24)23-12-11-19-18-8-6-5-7-17(18)14-20(19)21(23)13-16(3)4;1-11(2)9-16-15-10-12-5-3-4-6-13(12)14(15)7-8-17-16;1-5(2)3-4-6(7)8/h5-8,15-16,21H,9-14H2,1-4H3;3-6,11,16-17H,7-10H2,1-2H3;5H,3-4H2,1-2H3,(H,7,8). The molecule has 2 unspecified atom stereocenters. The summed E-state index contributed by atoms with van der Waals surface area (Å²) in [6.07, 6.45) is 9.58. The summed E-state index contributed by atoms with van der Waals surface area (Å²) >= 11 is 0. The van der Waals surface area contributed by atoms with Crippen molar-refractivity contribution < 1.29 is 14.7 Å². The van der Waals surface area contributed by atoms with Gasteiger partial charge in [-0.25, -0.2) is 0 Å². The number of carbonyl (C=O) groups excluding carboxylic acids is 1. The number of aliphatic carboxylic acids is 1. The Bertz CT molecular complexity index is 1480. The van der Waals surface area contributed by atoms with E-state index in [0.29, 0.717) is 48.6 Å². The third-order valence-electron chi connectivity index (χ3n) is 10.4. The molecule has 49 heavy (non-hydrogen) atoms. The third kappa shape index (κ3) is 10.7. The van der Waals surface area contributed by atoms with Crippen LogP contribution in [-0.2, 0) is 22.4 Å². The molecule has 2 aromatic rings. The Morgan fingerprint density at radius 2 is 1.24 bits per heavy atom. The Balaban J connectivity index is 0.000000188. The molecule has 6 rings (SSSR count). The molecule has 5 nitrogen and oxygen atoms in total. The molecule has 2 N–H and O–H groups in total. The van der Waals surface area contributed by atoms with Gasteiger partial charge in [0.05, 0.1) is 6.04 Å². The summed E-state index contributed by atoms with van der Waals surface area (Å²) in [6.45, 7) is 19.6. The molecule has 2 aromatic carbocycles. The number of nitrogens with zero attached hydrogens (tertiary/aromatic N) is 1. The number of hydrogen-bond donors (Lipinski definition) is 2. The predicted octanol–water partition coefficient (Wildman–Crippen LogP) is 9.99. The average Bonchev–Trinajstić information content (AvgIpc) is 3.63. The molecule has 2 atom stereocenters.